The van der Waals surface area contributed by atoms with Crippen LogP contribution in [0, 0.1) is 35.3 Å². The first-order valence-corrected chi connectivity index (χ1v) is 7.77. The summed E-state index contributed by atoms with van der Waals surface area (Å²) < 4.78 is 1.44. The van der Waals surface area contributed by atoms with Crippen LogP contribution in [-0.4, -0.2) is 20.6 Å². The van der Waals surface area contributed by atoms with E-state index in [0.29, 0.717) is 11.4 Å². The van der Waals surface area contributed by atoms with E-state index in [0.717, 1.165) is 5.56 Å². The maximum Gasteiger partial charge on any atom is 0.312 e. The lowest BCUT2D eigenvalue weighted by Gasteiger charge is -2.10. The van der Waals surface area contributed by atoms with Gasteiger partial charge in [0.05, 0.1) is 17.5 Å². The van der Waals surface area contributed by atoms with Gasteiger partial charge in [0.25, 0.3) is 0 Å². The van der Waals surface area contributed by atoms with Crippen molar-refractivity contribution in [2.24, 2.45) is 0 Å². The Kier molecular flexibility index (Phi) is 5.08. The second kappa shape index (κ2) is 7.02. The highest BCUT2D eigenvalue weighted by Crippen LogP contribution is 2.22. The van der Waals surface area contributed by atoms with Gasteiger partial charge >= 0.3 is 5.69 Å². The van der Waals surface area contributed by atoms with Gasteiger partial charge < -0.3 is 5.32 Å². The van der Waals surface area contributed by atoms with Crippen molar-refractivity contribution in [2.45, 2.75) is 32.9 Å². The molecule has 0 bridgehead atoms. The molecule has 0 aliphatic carbocycles. The topological polar surface area (TPSA) is 114 Å². The molecule has 1 atom stereocenters. The van der Waals surface area contributed by atoms with Crippen molar-refractivity contribution in [1.82, 2.24) is 15.1 Å². The van der Waals surface area contributed by atoms with E-state index in [1.165, 1.54) is 16.0 Å². The zero-order valence-corrected chi connectivity index (χ0v) is 13.5. The number of aryl methyl sites for hydroxylation is 2. The Bertz CT molecular complexity index is 760. The van der Waals surface area contributed by atoms with E-state index in [2.05, 4.69) is 10.4 Å². The number of hydrogen-bond donors (Lipinski definition) is 1. The lowest BCUT2D eigenvalue weighted by Crippen LogP contribution is -2.28. The number of thiophene rings is 1. The molecule has 0 aromatic carbocycles. The van der Waals surface area contributed by atoms with Gasteiger partial charge in [0, 0.05) is 6.42 Å². The molecule has 2 rings (SSSR count). The summed E-state index contributed by atoms with van der Waals surface area (Å²) in [4.78, 5) is 22.5. The van der Waals surface area contributed by atoms with E-state index >= 15 is 0 Å². The van der Waals surface area contributed by atoms with Gasteiger partial charge in [-0.25, -0.2) is 0 Å². The average molecular weight is 333 g/mol. The molecule has 2 aromatic heterocycles. The van der Waals surface area contributed by atoms with Crippen LogP contribution < -0.4 is 5.32 Å². The molecule has 0 fully saturated rings. The number of carbonyl (C=O) groups excluding carboxylic acids is 1. The number of hydrogen-bond acceptors (Lipinski definition) is 6. The highest BCUT2D eigenvalue weighted by atomic mass is 32.1. The predicted octanol–water partition coefficient (Wildman–Crippen LogP) is 2.24. The third-order valence-electron chi connectivity index (χ3n) is 3.39. The van der Waals surface area contributed by atoms with Gasteiger partial charge in [0.15, 0.2) is 0 Å². The summed E-state index contributed by atoms with van der Waals surface area (Å²) in [6.07, 6.45) is 0.0848. The molecule has 0 radical (unpaired) electrons. The van der Waals surface area contributed by atoms with Gasteiger partial charge in [-0.1, -0.05) is 0 Å². The third-order valence-corrected chi connectivity index (χ3v) is 4.09. The number of nitrogens with one attached hydrogen (secondary N) is 1. The minimum absolute atomic E-state index is 0.0291. The van der Waals surface area contributed by atoms with Crippen molar-refractivity contribution in [3.05, 3.63) is 43.9 Å². The van der Waals surface area contributed by atoms with Gasteiger partial charge in [0.1, 0.15) is 17.4 Å². The Hall–Kier alpha value is -2.73. The number of nitrogens with zero attached hydrogens (tertiary/aromatic N) is 4. The van der Waals surface area contributed by atoms with Crippen LogP contribution in [0.15, 0.2) is 16.8 Å². The number of amides is 1. The molecule has 0 unspecified atom stereocenters. The standard InChI is InChI=1S/C14H15N5O3S/c1-9-14(19(21)22)10(2)18(17-9)5-3-13(20)16-12(7-15)11-4-6-23-8-11/h4,6,8,12H,3,5H2,1-2H3,(H,16,20)/t12-/m1/s1. The molecule has 2 heterocycles. The third kappa shape index (κ3) is 3.73. The van der Waals surface area contributed by atoms with E-state index in [4.69, 9.17) is 5.26 Å². The maximum absolute atomic E-state index is 12.0. The zero-order valence-electron chi connectivity index (χ0n) is 12.6. The summed E-state index contributed by atoms with van der Waals surface area (Å²) in [7, 11) is 0. The van der Waals surface area contributed by atoms with Crippen molar-refractivity contribution >= 4 is 22.9 Å². The molecule has 0 aliphatic heterocycles. The average Bonchev–Trinajstić information content (AvgIpc) is 3.11. The van der Waals surface area contributed by atoms with Gasteiger partial charge in [-0.05, 0) is 36.2 Å². The summed E-state index contributed by atoms with van der Waals surface area (Å²) in [5, 5.41) is 30.4. The Morgan fingerprint density at radius 2 is 2.35 bits per heavy atom. The highest BCUT2D eigenvalue weighted by Gasteiger charge is 2.22. The predicted molar refractivity (Wildman–Crippen MR) is 83.8 cm³/mol. The minimum atomic E-state index is -0.691. The van der Waals surface area contributed by atoms with Crippen LogP contribution >= 0.6 is 11.3 Å². The van der Waals surface area contributed by atoms with Crippen LogP contribution in [0.2, 0.25) is 0 Å². The van der Waals surface area contributed by atoms with Gasteiger partial charge in [-0.2, -0.15) is 21.7 Å². The first-order chi connectivity index (χ1) is 10.9. The second-order valence-electron chi connectivity index (χ2n) is 4.94. The Balaban J connectivity index is 1.99. The van der Waals surface area contributed by atoms with Crippen molar-refractivity contribution in [3.8, 4) is 6.07 Å². The van der Waals surface area contributed by atoms with E-state index in [-0.39, 0.29) is 24.6 Å². The fourth-order valence-electron chi connectivity index (χ4n) is 2.24. The molecule has 0 saturated heterocycles. The van der Waals surface area contributed by atoms with Crippen LogP contribution in [0.5, 0.6) is 0 Å². The molecular formula is C14H15N5O3S. The normalized spacial score (nSPS) is 11.7. The van der Waals surface area contributed by atoms with Crippen LogP contribution in [0.4, 0.5) is 5.69 Å². The molecule has 0 spiro atoms. The lowest BCUT2D eigenvalue weighted by molar-refractivity contribution is -0.386. The molecule has 0 saturated carbocycles. The second-order valence-corrected chi connectivity index (χ2v) is 5.72. The lowest BCUT2D eigenvalue weighted by atomic mass is 10.1. The Morgan fingerprint density at radius 3 is 2.87 bits per heavy atom. The van der Waals surface area contributed by atoms with Crippen molar-refractivity contribution in [3.63, 3.8) is 0 Å². The van der Waals surface area contributed by atoms with Crippen LogP contribution in [0.25, 0.3) is 0 Å². The molecule has 8 nitrogen and oxygen atoms in total. The largest absolute Gasteiger partial charge is 0.337 e. The maximum atomic E-state index is 12.0. The van der Waals surface area contributed by atoms with Crippen molar-refractivity contribution in [1.29, 1.82) is 5.26 Å². The Morgan fingerprint density at radius 1 is 1.61 bits per heavy atom. The minimum Gasteiger partial charge on any atom is -0.337 e. The fourth-order valence-corrected chi connectivity index (χ4v) is 2.93. The number of aromatic nitrogens is 2. The van der Waals surface area contributed by atoms with E-state index in [9.17, 15) is 14.9 Å². The molecule has 23 heavy (non-hydrogen) atoms. The molecule has 120 valence electrons. The number of nitro groups is 1. The van der Waals surface area contributed by atoms with E-state index < -0.39 is 11.0 Å². The zero-order chi connectivity index (χ0) is 17.0. The van der Waals surface area contributed by atoms with Crippen molar-refractivity contribution in [2.75, 3.05) is 0 Å². The van der Waals surface area contributed by atoms with E-state index in [1.807, 2.05) is 11.4 Å². The molecule has 2 aromatic rings. The molecule has 1 N–H and O–H groups in total. The van der Waals surface area contributed by atoms with Gasteiger partial charge in [-0.3, -0.25) is 19.6 Å². The summed E-state index contributed by atoms with van der Waals surface area (Å²) >= 11 is 1.45. The van der Waals surface area contributed by atoms with Gasteiger partial charge in [-0.15, -0.1) is 0 Å². The first kappa shape index (κ1) is 16.6. The number of rotatable bonds is 6. The van der Waals surface area contributed by atoms with Crippen LogP contribution in [0.3, 0.4) is 0 Å². The SMILES string of the molecule is Cc1nn(CCC(=O)N[C@H](C#N)c2ccsc2)c(C)c1[N+](=O)[O-]. The van der Waals surface area contributed by atoms with Crippen molar-refractivity contribution < 1.29 is 9.72 Å². The fraction of sp³-hybridized carbons (Fsp3) is 0.357. The summed E-state index contributed by atoms with van der Waals surface area (Å²) in [5.74, 6) is -0.307. The van der Waals surface area contributed by atoms with Crippen LogP contribution in [0.1, 0.15) is 29.4 Å². The van der Waals surface area contributed by atoms with Gasteiger partial charge in [0.2, 0.25) is 5.91 Å². The summed E-state index contributed by atoms with van der Waals surface area (Å²) in [6.45, 7) is 3.37. The summed E-state index contributed by atoms with van der Waals surface area (Å²) in [5.41, 5.74) is 1.45. The van der Waals surface area contributed by atoms with E-state index in [1.54, 1.807) is 25.3 Å². The van der Waals surface area contributed by atoms with Crippen LogP contribution in [-0.2, 0) is 11.3 Å². The quantitative estimate of drug-likeness (QED) is 0.643. The molecule has 9 heteroatoms. The molecule has 1 amide bonds. The smallest absolute Gasteiger partial charge is 0.312 e. The molecule has 0 aliphatic rings. The number of nitriles is 1. The number of carbonyl (C=O) groups is 1. The summed E-state index contributed by atoms with van der Waals surface area (Å²) in [6, 6.07) is 3.13. The molecular weight excluding hydrogens is 318 g/mol. The highest BCUT2D eigenvalue weighted by molar-refractivity contribution is 7.08. The monoisotopic (exact) mass is 333 g/mol. The first-order valence-electron chi connectivity index (χ1n) is 6.83. The Labute approximate surface area is 136 Å².